The van der Waals surface area contributed by atoms with Gasteiger partial charge in [-0.15, -0.1) is 0 Å². The van der Waals surface area contributed by atoms with Crippen LogP contribution in [0.3, 0.4) is 0 Å². The molecular weight excluding hydrogens is 286 g/mol. The van der Waals surface area contributed by atoms with Gasteiger partial charge in [-0.3, -0.25) is 14.8 Å². The van der Waals surface area contributed by atoms with Crippen LogP contribution in [0.15, 0.2) is 41.0 Å². The third-order valence-electron chi connectivity index (χ3n) is 3.70. The normalized spacial score (nSPS) is 19.5. The molecule has 0 spiro atoms. The molecule has 0 saturated carbocycles. The first-order valence-electron chi connectivity index (χ1n) is 8.22. The van der Waals surface area contributed by atoms with E-state index in [2.05, 4.69) is 11.1 Å². The lowest BCUT2D eigenvalue weighted by molar-refractivity contribution is 0.169. The average Bonchev–Trinajstić information content (AvgIpc) is 2.72. The summed E-state index contributed by atoms with van der Waals surface area (Å²) >= 11 is 0. The average molecular weight is 313 g/mol. The van der Waals surface area contributed by atoms with Crippen molar-refractivity contribution in [3.63, 3.8) is 0 Å². The number of amides is 2. The minimum absolute atomic E-state index is 0.00174. The summed E-state index contributed by atoms with van der Waals surface area (Å²) in [7, 11) is 0. The number of aliphatic imine (C=N–C) groups is 1. The molecule has 0 aromatic heterocycles. The van der Waals surface area contributed by atoms with Crippen molar-refractivity contribution in [3.05, 3.63) is 41.6 Å². The Bertz CT molecular complexity index is 624. The zero-order chi connectivity index (χ0) is 17.2. The number of carbonyl (C=O) groups excluding carboxylic acids is 1. The van der Waals surface area contributed by atoms with E-state index in [0.29, 0.717) is 6.54 Å². The fourth-order valence-electron chi connectivity index (χ4n) is 2.77. The van der Waals surface area contributed by atoms with Crippen LogP contribution in [0.1, 0.15) is 47.1 Å². The Hall–Kier alpha value is -2.10. The molecule has 2 amide bonds. The van der Waals surface area contributed by atoms with Crippen molar-refractivity contribution in [2.24, 2.45) is 4.99 Å². The monoisotopic (exact) mass is 313 g/mol. The first-order chi connectivity index (χ1) is 10.8. The zero-order valence-electron chi connectivity index (χ0n) is 15.0. The predicted molar refractivity (Wildman–Crippen MR) is 96.4 cm³/mol. The molecule has 0 unspecified atom stereocenters. The number of hydrogen-bond donors (Lipinski definition) is 0. The second-order valence-electron chi connectivity index (χ2n) is 6.99. The van der Waals surface area contributed by atoms with Crippen LogP contribution in [-0.2, 0) is 0 Å². The van der Waals surface area contributed by atoms with E-state index in [-0.39, 0.29) is 17.6 Å². The summed E-state index contributed by atoms with van der Waals surface area (Å²) in [4.78, 5) is 21.3. The van der Waals surface area contributed by atoms with Gasteiger partial charge in [-0.25, -0.2) is 4.79 Å². The minimum Gasteiger partial charge on any atom is -0.288 e. The van der Waals surface area contributed by atoms with Crippen molar-refractivity contribution in [1.82, 2.24) is 9.80 Å². The highest BCUT2D eigenvalue weighted by atomic mass is 16.2. The molecule has 0 bridgehead atoms. The topological polar surface area (TPSA) is 35.9 Å². The van der Waals surface area contributed by atoms with E-state index in [0.717, 1.165) is 17.1 Å². The van der Waals surface area contributed by atoms with Gasteiger partial charge in [-0.2, -0.15) is 0 Å². The van der Waals surface area contributed by atoms with Gasteiger partial charge in [0.25, 0.3) is 0 Å². The van der Waals surface area contributed by atoms with Gasteiger partial charge in [0.1, 0.15) is 0 Å². The van der Waals surface area contributed by atoms with Gasteiger partial charge < -0.3 is 0 Å². The molecule has 1 aromatic rings. The van der Waals surface area contributed by atoms with E-state index in [1.807, 2.05) is 81.7 Å². The lowest BCUT2D eigenvalue weighted by Gasteiger charge is -2.31. The summed E-state index contributed by atoms with van der Waals surface area (Å²) in [6.45, 7) is 12.8. The van der Waals surface area contributed by atoms with Gasteiger partial charge in [0.2, 0.25) is 0 Å². The number of urea groups is 1. The fourth-order valence-corrected chi connectivity index (χ4v) is 2.77. The molecule has 4 heteroatoms. The van der Waals surface area contributed by atoms with E-state index >= 15 is 0 Å². The lowest BCUT2D eigenvalue weighted by Crippen LogP contribution is -2.47. The number of benzene rings is 1. The Morgan fingerprint density at radius 2 is 1.78 bits per heavy atom. The summed E-state index contributed by atoms with van der Waals surface area (Å²) < 4.78 is 0. The van der Waals surface area contributed by atoms with Gasteiger partial charge in [0.05, 0.1) is 5.70 Å². The molecule has 1 aromatic carbocycles. The predicted octanol–water partition coefficient (Wildman–Crippen LogP) is 4.39. The van der Waals surface area contributed by atoms with Crippen LogP contribution >= 0.6 is 0 Å². The number of amidine groups is 1. The number of nitrogens with zero attached hydrogens (tertiary/aromatic N) is 3. The van der Waals surface area contributed by atoms with E-state index in [4.69, 9.17) is 0 Å². The van der Waals surface area contributed by atoms with E-state index < -0.39 is 0 Å². The van der Waals surface area contributed by atoms with E-state index in [1.165, 1.54) is 0 Å². The molecule has 23 heavy (non-hydrogen) atoms. The quantitative estimate of drug-likeness (QED) is 0.815. The highest BCUT2D eigenvalue weighted by Crippen LogP contribution is 2.32. The van der Waals surface area contributed by atoms with Gasteiger partial charge in [-0.1, -0.05) is 30.3 Å². The third-order valence-corrected chi connectivity index (χ3v) is 3.70. The molecule has 1 fully saturated rings. The smallest absolute Gasteiger partial charge is 0.288 e. The van der Waals surface area contributed by atoms with Crippen LogP contribution in [0.4, 0.5) is 4.79 Å². The number of hydrogen-bond acceptors (Lipinski definition) is 2. The van der Waals surface area contributed by atoms with Crippen molar-refractivity contribution in [1.29, 1.82) is 0 Å². The van der Waals surface area contributed by atoms with Crippen LogP contribution in [0.5, 0.6) is 0 Å². The van der Waals surface area contributed by atoms with Gasteiger partial charge >= 0.3 is 6.03 Å². The Balaban J connectivity index is 2.62. The molecule has 2 rings (SSSR count). The maximum absolute atomic E-state index is 13.0. The summed E-state index contributed by atoms with van der Waals surface area (Å²) in [5.74, 6) is 0.766. The molecule has 124 valence electrons. The van der Waals surface area contributed by atoms with E-state index in [9.17, 15) is 4.79 Å². The summed E-state index contributed by atoms with van der Waals surface area (Å²) in [6, 6.07) is 10.2. The fraction of sp³-hybridized carbons (Fsp3) is 0.474. The molecule has 1 aliphatic heterocycles. The SMILES string of the molecule is CCN=C1/C(=C\c2ccccc2)N(C(C)C)C(=O)N1C(C)(C)C. The van der Waals surface area contributed by atoms with Crippen LogP contribution in [-0.4, -0.2) is 39.8 Å². The maximum atomic E-state index is 13.0. The van der Waals surface area contributed by atoms with Crippen molar-refractivity contribution < 1.29 is 4.79 Å². The van der Waals surface area contributed by atoms with E-state index in [1.54, 1.807) is 0 Å². The lowest BCUT2D eigenvalue weighted by atomic mass is 10.1. The second kappa shape index (κ2) is 6.57. The van der Waals surface area contributed by atoms with Gasteiger partial charge in [-0.05, 0) is 53.2 Å². The Kier molecular flexibility index (Phi) is 4.93. The molecule has 0 radical (unpaired) electrons. The number of carbonyl (C=O) groups is 1. The van der Waals surface area contributed by atoms with Crippen molar-refractivity contribution in [2.75, 3.05) is 6.54 Å². The second-order valence-corrected chi connectivity index (χ2v) is 6.99. The standard InChI is InChI=1S/C19H27N3O/c1-7-20-17-16(13-15-11-9-8-10-12-15)21(14(2)3)18(23)22(17)19(4,5)6/h8-14H,7H2,1-6H3/b16-13+,20-17?. The van der Waals surface area contributed by atoms with Crippen LogP contribution < -0.4 is 0 Å². The first kappa shape index (κ1) is 17.3. The highest BCUT2D eigenvalue weighted by molar-refractivity contribution is 6.17. The molecule has 0 N–H and O–H groups in total. The molecular formula is C19H27N3O. The van der Waals surface area contributed by atoms with Crippen LogP contribution in [0, 0.1) is 0 Å². The third kappa shape index (κ3) is 3.46. The van der Waals surface area contributed by atoms with Crippen molar-refractivity contribution in [3.8, 4) is 0 Å². The first-order valence-corrected chi connectivity index (χ1v) is 8.22. The molecule has 1 heterocycles. The molecule has 0 atom stereocenters. The minimum atomic E-state index is -0.315. The summed E-state index contributed by atoms with van der Waals surface area (Å²) in [5, 5.41) is 0. The molecule has 4 nitrogen and oxygen atoms in total. The largest absolute Gasteiger partial charge is 0.331 e. The zero-order valence-corrected chi connectivity index (χ0v) is 15.0. The molecule has 1 saturated heterocycles. The maximum Gasteiger partial charge on any atom is 0.331 e. The van der Waals surface area contributed by atoms with Crippen LogP contribution in [0.25, 0.3) is 6.08 Å². The van der Waals surface area contributed by atoms with Crippen LogP contribution in [0.2, 0.25) is 0 Å². The summed E-state index contributed by atoms with van der Waals surface area (Å²) in [6.07, 6.45) is 2.05. The molecule has 0 aliphatic carbocycles. The Morgan fingerprint density at radius 3 is 2.26 bits per heavy atom. The number of rotatable bonds is 3. The van der Waals surface area contributed by atoms with Crippen molar-refractivity contribution >= 4 is 17.9 Å². The van der Waals surface area contributed by atoms with Gasteiger partial charge in [0.15, 0.2) is 5.84 Å². The van der Waals surface area contributed by atoms with Gasteiger partial charge in [0, 0.05) is 18.1 Å². The highest BCUT2D eigenvalue weighted by Gasteiger charge is 2.45. The Morgan fingerprint density at radius 1 is 1.17 bits per heavy atom. The summed E-state index contributed by atoms with van der Waals surface area (Å²) in [5.41, 5.74) is 1.64. The molecule has 1 aliphatic rings. The van der Waals surface area contributed by atoms with Crippen molar-refractivity contribution in [2.45, 2.75) is 53.1 Å². The Labute approximate surface area is 139 Å².